The summed E-state index contributed by atoms with van der Waals surface area (Å²) in [5.41, 5.74) is 2.77. The summed E-state index contributed by atoms with van der Waals surface area (Å²) in [6.07, 6.45) is 7.30. The number of unbranched alkanes of at least 4 members (excludes halogenated alkanes) is 1. The van der Waals surface area contributed by atoms with Crippen molar-refractivity contribution < 1.29 is 0 Å². The predicted molar refractivity (Wildman–Crippen MR) is 81.5 cm³/mol. The molecule has 0 radical (unpaired) electrons. The zero-order valence-electron chi connectivity index (χ0n) is 12.4. The van der Waals surface area contributed by atoms with Gasteiger partial charge in [-0.1, -0.05) is 42.8 Å². The lowest BCUT2D eigenvalue weighted by Crippen LogP contribution is -2.23. The molecule has 0 aliphatic carbocycles. The molecule has 0 saturated heterocycles. The zero-order chi connectivity index (χ0) is 14.2. The molecule has 0 spiro atoms. The molecule has 4 nitrogen and oxygen atoms in total. The Morgan fingerprint density at radius 2 is 2.05 bits per heavy atom. The number of hydrogen-bond acceptors (Lipinski definition) is 3. The molecule has 0 amide bonds. The molecule has 1 unspecified atom stereocenters. The Bertz CT molecular complexity index is 476. The standard InChI is InChI=1S/C16H24N4/c1-3-4-5-15-6-8-16(9-7-15)14(2)17-10-12-20-13-11-18-19-20/h6-9,11,13-14,17H,3-5,10,12H2,1-2H3. The molecular formula is C16H24N4. The highest BCUT2D eigenvalue weighted by Gasteiger charge is 2.04. The highest BCUT2D eigenvalue weighted by Crippen LogP contribution is 2.14. The van der Waals surface area contributed by atoms with Crippen molar-refractivity contribution in [2.45, 2.75) is 45.7 Å². The van der Waals surface area contributed by atoms with Gasteiger partial charge < -0.3 is 5.32 Å². The van der Waals surface area contributed by atoms with E-state index in [-0.39, 0.29) is 0 Å². The van der Waals surface area contributed by atoms with Gasteiger partial charge in [0.05, 0.1) is 12.7 Å². The first-order valence-corrected chi connectivity index (χ1v) is 7.46. The molecule has 0 bridgehead atoms. The molecule has 1 N–H and O–H groups in total. The van der Waals surface area contributed by atoms with Crippen molar-refractivity contribution in [2.75, 3.05) is 6.54 Å². The van der Waals surface area contributed by atoms with Crippen LogP contribution in [0.2, 0.25) is 0 Å². The third kappa shape index (κ3) is 4.46. The van der Waals surface area contributed by atoms with Gasteiger partial charge in [-0.3, -0.25) is 4.68 Å². The molecule has 1 aromatic carbocycles. The lowest BCUT2D eigenvalue weighted by molar-refractivity contribution is 0.499. The van der Waals surface area contributed by atoms with Crippen molar-refractivity contribution in [1.29, 1.82) is 0 Å². The van der Waals surface area contributed by atoms with E-state index >= 15 is 0 Å². The van der Waals surface area contributed by atoms with Crippen molar-refractivity contribution in [2.24, 2.45) is 0 Å². The van der Waals surface area contributed by atoms with Crippen molar-refractivity contribution in [1.82, 2.24) is 20.3 Å². The SMILES string of the molecule is CCCCc1ccc(C(C)NCCn2ccnn2)cc1. The molecule has 1 heterocycles. The van der Waals surface area contributed by atoms with Crippen LogP contribution in [0.3, 0.4) is 0 Å². The second kappa shape index (κ2) is 7.80. The summed E-state index contributed by atoms with van der Waals surface area (Å²) in [6.45, 7) is 6.17. The van der Waals surface area contributed by atoms with Crippen molar-refractivity contribution in [3.8, 4) is 0 Å². The molecule has 0 aliphatic rings. The van der Waals surface area contributed by atoms with Gasteiger partial charge in [0.15, 0.2) is 0 Å². The van der Waals surface area contributed by atoms with Gasteiger partial charge in [-0.15, -0.1) is 5.10 Å². The molecule has 0 aliphatic heterocycles. The van der Waals surface area contributed by atoms with Crippen molar-refractivity contribution in [3.63, 3.8) is 0 Å². The highest BCUT2D eigenvalue weighted by atomic mass is 15.4. The third-order valence-electron chi connectivity index (χ3n) is 3.56. The Morgan fingerprint density at radius 1 is 1.25 bits per heavy atom. The van der Waals surface area contributed by atoms with Crippen molar-refractivity contribution >= 4 is 0 Å². The normalized spacial score (nSPS) is 12.5. The Hall–Kier alpha value is -1.68. The van der Waals surface area contributed by atoms with E-state index in [9.17, 15) is 0 Å². The molecule has 2 rings (SSSR count). The van der Waals surface area contributed by atoms with E-state index in [2.05, 4.69) is 53.7 Å². The summed E-state index contributed by atoms with van der Waals surface area (Å²) in [4.78, 5) is 0. The lowest BCUT2D eigenvalue weighted by atomic mass is 10.0. The van der Waals surface area contributed by atoms with Gasteiger partial charge in [0.1, 0.15) is 0 Å². The smallest absolute Gasteiger partial charge is 0.0692 e. The van der Waals surface area contributed by atoms with Gasteiger partial charge in [-0.05, 0) is 30.9 Å². The fourth-order valence-corrected chi connectivity index (χ4v) is 2.22. The maximum absolute atomic E-state index is 3.95. The third-order valence-corrected chi connectivity index (χ3v) is 3.56. The van der Waals surface area contributed by atoms with Gasteiger partial charge in [-0.25, -0.2) is 0 Å². The number of aromatic nitrogens is 3. The van der Waals surface area contributed by atoms with Crippen LogP contribution in [0.5, 0.6) is 0 Å². The van der Waals surface area contributed by atoms with E-state index in [4.69, 9.17) is 0 Å². The van der Waals surface area contributed by atoms with E-state index in [0.717, 1.165) is 13.1 Å². The summed E-state index contributed by atoms with van der Waals surface area (Å²) in [5, 5.41) is 11.3. The van der Waals surface area contributed by atoms with Crippen molar-refractivity contribution in [3.05, 3.63) is 47.8 Å². The minimum Gasteiger partial charge on any atom is -0.308 e. The van der Waals surface area contributed by atoms with Crippen LogP contribution in [0, 0.1) is 0 Å². The number of aryl methyl sites for hydroxylation is 1. The molecule has 4 heteroatoms. The highest BCUT2D eigenvalue weighted by molar-refractivity contribution is 5.24. The van der Waals surface area contributed by atoms with E-state index in [1.165, 1.54) is 30.4 Å². The molecule has 20 heavy (non-hydrogen) atoms. The van der Waals surface area contributed by atoms with E-state index < -0.39 is 0 Å². The van der Waals surface area contributed by atoms with Crippen LogP contribution >= 0.6 is 0 Å². The molecule has 1 atom stereocenters. The van der Waals surface area contributed by atoms with Gasteiger partial charge >= 0.3 is 0 Å². The van der Waals surface area contributed by atoms with Gasteiger partial charge in [0.25, 0.3) is 0 Å². The number of benzene rings is 1. The molecule has 1 aromatic heterocycles. The Morgan fingerprint density at radius 3 is 2.70 bits per heavy atom. The first-order chi connectivity index (χ1) is 9.79. The minimum absolute atomic E-state index is 0.360. The minimum atomic E-state index is 0.360. The fraction of sp³-hybridized carbons (Fsp3) is 0.500. The maximum Gasteiger partial charge on any atom is 0.0692 e. The predicted octanol–water partition coefficient (Wildman–Crippen LogP) is 2.97. The van der Waals surface area contributed by atoms with Crippen LogP contribution in [0.4, 0.5) is 0 Å². The topological polar surface area (TPSA) is 42.7 Å². The van der Waals surface area contributed by atoms with E-state index in [0.29, 0.717) is 6.04 Å². The zero-order valence-corrected chi connectivity index (χ0v) is 12.4. The largest absolute Gasteiger partial charge is 0.308 e. The Balaban J connectivity index is 1.78. The van der Waals surface area contributed by atoms with Gasteiger partial charge in [-0.2, -0.15) is 0 Å². The quantitative estimate of drug-likeness (QED) is 0.803. The van der Waals surface area contributed by atoms with Crippen LogP contribution in [0.1, 0.15) is 43.9 Å². The van der Waals surface area contributed by atoms with Crippen LogP contribution in [-0.4, -0.2) is 21.5 Å². The van der Waals surface area contributed by atoms with Crippen LogP contribution in [-0.2, 0) is 13.0 Å². The molecule has 0 saturated carbocycles. The first-order valence-electron chi connectivity index (χ1n) is 7.46. The van der Waals surface area contributed by atoms with Crippen LogP contribution in [0.25, 0.3) is 0 Å². The molecule has 108 valence electrons. The second-order valence-corrected chi connectivity index (χ2v) is 5.19. The monoisotopic (exact) mass is 272 g/mol. The van der Waals surface area contributed by atoms with Gasteiger partial charge in [0, 0.05) is 18.8 Å². The molecular weight excluding hydrogens is 248 g/mol. The average Bonchev–Trinajstić information content (AvgIpc) is 2.99. The first kappa shape index (κ1) is 14.7. The number of hydrogen-bond donors (Lipinski definition) is 1. The summed E-state index contributed by atoms with van der Waals surface area (Å²) < 4.78 is 1.84. The average molecular weight is 272 g/mol. The maximum atomic E-state index is 3.95. The summed E-state index contributed by atoms with van der Waals surface area (Å²) in [7, 11) is 0. The summed E-state index contributed by atoms with van der Waals surface area (Å²) in [6, 6.07) is 9.33. The van der Waals surface area contributed by atoms with Crippen LogP contribution in [0.15, 0.2) is 36.7 Å². The molecule has 2 aromatic rings. The summed E-state index contributed by atoms with van der Waals surface area (Å²) in [5.74, 6) is 0. The number of nitrogens with zero attached hydrogens (tertiary/aromatic N) is 3. The van der Waals surface area contributed by atoms with E-state index in [1.807, 2.05) is 10.9 Å². The number of rotatable bonds is 8. The Kier molecular flexibility index (Phi) is 5.74. The molecule has 0 fully saturated rings. The van der Waals surface area contributed by atoms with Gasteiger partial charge in [0.2, 0.25) is 0 Å². The van der Waals surface area contributed by atoms with E-state index in [1.54, 1.807) is 6.20 Å². The number of nitrogens with one attached hydrogen (secondary N) is 1. The fourth-order valence-electron chi connectivity index (χ4n) is 2.22. The summed E-state index contributed by atoms with van der Waals surface area (Å²) >= 11 is 0. The van der Waals surface area contributed by atoms with Crippen LogP contribution < -0.4 is 5.32 Å². The Labute approximate surface area is 121 Å². The second-order valence-electron chi connectivity index (χ2n) is 5.19. The lowest BCUT2D eigenvalue weighted by Gasteiger charge is -2.14.